The zero-order valence-electron chi connectivity index (χ0n) is 10.9. The van der Waals surface area contributed by atoms with Crippen LogP contribution in [0, 0.1) is 0 Å². The lowest BCUT2D eigenvalue weighted by Gasteiger charge is -2.21. The van der Waals surface area contributed by atoms with Gasteiger partial charge in [-0.3, -0.25) is 9.59 Å². The molecule has 102 valence electrons. The first kappa shape index (κ1) is 13.3. The Morgan fingerprint density at radius 2 is 1.45 bits per heavy atom. The number of imide groups is 1. The van der Waals surface area contributed by atoms with Gasteiger partial charge in [0.2, 0.25) is 11.8 Å². The Kier molecular flexibility index (Phi) is 3.57. The van der Waals surface area contributed by atoms with E-state index in [4.69, 9.17) is 0 Å². The fourth-order valence-electron chi connectivity index (χ4n) is 2.63. The van der Waals surface area contributed by atoms with Crippen LogP contribution >= 0.6 is 15.9 Å². The molecule has 1 heterocycles. The van der Waals surface area contributed by atoms with Gasteiger partial charge >= 0.3 is 0 Å². The van der Waals surface area contributed by atoms with Crippen molar-refractivity contribution in [1.29, 1.82) is 0 Å². The largest absolute Gasteiger partial charge is 0.274 e. The van der Waals surface area contributed by atoms with E-state index in [0.717, 1.165) is 28.1 Å². The predicted molar refractivity (Wildman–Crippen MR) is 82.6 cm³/mol. The van der Waals surface area contributed by atoms with E-state index in [2.05, 4.69) is 15.9 Å². The second-order valence-electron chi connectivity index (χ2n) is 4.94. The molecular weight excluding hydrogens is 318 g/mol. The molecule has 4 heteroatoms. The Morgan fingerprint density at radius 1 is 0.850 bits per heavy atom. The molecule has 0 bridgehead atoms. The van der Waals surface area contributed by atoms with Crippen molar-refractivity contribution in [2.45, 2.75) is 25.7 Å². The summed E-state index contributed by atoms with van der Waals surface area (Å²) in [4.78, 5) is 25.9. The highest BCUT2D eigenvalue weighted by atomic mass is 79.9. The molecule has 0 saturated carbocycles. The molecule has 0 unspecified atom stereocenters. The molecule has 1 saturated heterocycles. The minimum Gasteiger partial charge on any atom is -0.274 e. The molecule has 2 aromatic carbocycles. The zero-order valence-corrected chi connectivity index (χ0v) is 12.5. The first-order valence-electron chi connectivity index (χ1n) is 6.71. The van der Waals surface area contributed by atoms with Crippen LogP contribution in [0.3, 0.4) is 0 Å². The normalized spacial score (nSPS) is 16.6. The van der Waals surface area contributed by atoms with Crippen molar-refractivity contribution in [2.75, 3.05) is 4.90 Å². The van der Waals surface area contributed by atoms with Crippen molar-refractivity contribution in [2.24, 2.45) is 0 Å². The molecule has 2 amide bonds. The Morgan fingerprint density at radius 3 is 2.10 bits per heavy atom. The van der Waals surface area contributed by atoms with Gasteiger partial charge in [0, 0.05) is 22.7 Å². The van der Waals surface area contributed by atoms with Crippen LogP contribution in [0.4, 0.5) is 5.69 Å². The molecule has 1 aliphatic rings. The lowest BCUT2D eigenvalue weighted by atomic mass is 10.1. The summed E-state index contributed by atoms with van der Waals surface area (Å²) in [6, 6.07) is 11.5. The smallest absolute Gasteiger partial charge is 0.233 e. The third kappa shape index (κ3) is 2.24. The van der Waals surface area contributed by atoms with Crippen LogP contribution in [-0.4, -0.2) is 11.8 Å². The fourth-order valence-corrected chi connectivity index (χ4v) is 3.10. The third-order valence-electron chi connectivity index (χ3n) is 3.62. The predicted octanol–water partition coefficient (Wildman–Crippen LogP) is 4.04. The summed E-state index contributed by atoms with van der Waals surface area (Å²) >= 11 is 3.51. The minimum atomic E-state index is -0.0972. The molecule has 0 N–H and O–H groups in total. The van der Waals surface area contributed by atoms with E-state index in [0.29, 0.717) is 18.5 Å². The molecule has 3 rings (SSSR count). The molecule has 0 aliphatic carbocycles. The van der Waals surface area contributed by atoms with Gasteiger partial charge in [-0.25, -0.2) is 4.90 Å². The van der Waals surface area contributed by atoms with Gasteiger partial charge in [0.1, 0.15) is 0 Å². The van der Waals surface area contributed by atoms with E-state index in [1.807, 2.05) is 36.4 Å². The first-order valence-corrected chi connectivity index (χ1v) is 7.51. The average Bonchev–Trinajstić information content (AvgIpc) is 2.62. The van der Waals surface area contributed by atoms with Crippen molar-refractivity contribution in [3.63, 3.8) is 0 Å². The van der Waals surface area contributed by atoms with Crippen LogP contribution in [0.1, 0.15) is 25.7 Å². The van der Waals surface area contributed by atoms with Crippen LogP contribution in [0.2, 0.25) is 0 Å². The highest BCUT2D eigenvalue weighted by Crippen LogP contribution is 2.33. The van der Waals surface area contributed by atoms with Gasteiger partial charge in [-0.15, -0.1) is 0 Å². The number of fused-ring (bicyclic) bond motifs is 1. The van der Waals surface area contributed by atoms with E-state index in [-0.39, 0.29) is 11.8 Å². The van der Waals surface area contributed by atoms with Crippen LogP contribution in [0.5, 0.6) is 0 Å². The van der Waals surface area contributed by atoms with E-state index in [9.17, 15) is 9.59 Å². The van der Waals surface area contributed by atoms with Crippen molar-refractivity contribution in [1.82, 2.24) is 0 Å². The number of carbonyl (C=O) groups is 2. The summed E-state index contributed by atoms with van der Waals surface area (Å²) in [5.41, 5.74) is 0.695. The highest BCUT2D eigenvalue weighted by molar-refractivity contribution is 9.10. The SMILES string of the molecule is O=C1CCCCC(=O)N1c1ccc(Br)c2ccccc12. The van der Waals surface area contributed by atoms with Crippen molar-refractivity contribution in [3.05, 3.63) is 40.9 Å². The number of amides is 2. The van der Waals surface area contributed by atoms with Gasteiger partial charge in [0.05, 0.1) is 5.69 Å². The highest BCUT2D eigenvalue weighted by Gasteiger charge is 2.27. The van der Waals surface area contributed by atoms with Crippen LogP contribution < -0.4 is 4.90 Å². The second kappa shape index (κ2) is 5.37. The van der Waals surface area contributed by atoms with E-state index < -0.39 is 0 Å². The maximum atomic E-state index is 12.2. The van der Waals surface area contributed by atoms with E-state index >= 15 is 0 Å². The number of hydrogen-bond donors (Lipinski definition) is 0. The Labute approximate surface area is 125 Å². The summed E-state index contributed by atoms with van der Waals surface area (Å²) in [7, 11) is 0. The maximum Gasteiger partial charge on any atom is 0.233 e. The minimum absolute atomic E-state index is 0.0972. The monoisotopic (exact) mass is 331 g/mol. The summed E-state index contributed by atoms with van der Waals surface area (Å²) in [5.74, 6) is -0.194. The number of rotatable bonds is 1. The van der Waals surface area contributed by atoms with Gasteiger partial charge in [-0.05, 0) is 30.4 Å². The van der Waals surface area contributed by atoms with Gasteiger partial charge in [0.15, 0.2) is 0 Å². The molecular formula is C16H14BrNO2. The molecule has 20 heavy (non-hydrogen) atoms. The molecule has 2 aromatic rings. The maximum absolute atomic E-state index is 12.2. The number of benzene rings is 2. The number of hydrogen-bond acceptors (Lipinski definition) is 2. The molecule has 1 aliphatic heterocycles. The summed E-state index contributed by atoms with van der Waals surface area (Å²) in [6.45, 7) is 0. The van der Waals surface area contributed by atoms with Crippen molar-refractivity contribution < 1.29 is 9.59 Å². The summed E-state index contributed by atoms with van der Waals surface area (Å²) in [5, 5.41) is 1.93. The lowest BCUT2D eigenvalue weighted by molar-refractivity contribution is -0.125. The van der Waals surface area contributed by atoms with Gasteiger partial charge in [0.25, 0.3) is 0 Å². The standard InChI is InChI=1S/C16H14BrNO2/c17-13-9-10-14(12-6-2-1-5-11(12)13)18-15(19)7-3-4-8-16(18)20/h1-2,5-6,9-10H,3-4,7-8H2. The Hall–Kier alpha value is -1.68. The van der Waals surface area contributed by atoms with E-state index in [1.54, 1.807) is 0 Å². The lowest BCUT2D eigenvalue weighted by Crippen LogP contribution is -2.35. The average molecular weight is 332 g/mol. The zero-order chi connectivity index (χ0) is 14.1. The number of anilines is 1. The second-order valence-corrected chi connectivity index (χ2v) is 5.80. The Bertz CT molecular complexity index is 678. The molecule has 0 aromatic heterocycles. The molecule has 0 atom stereocenters. The Balaban J connectivity index is 2.20. The van der Waals surface area contributed by atoms with Crippen LogP contribution in [-0.2, 0) is 9.59 Å². The molecule has 3 nitrogen and oxygen atoms in total. The number of halogens is 1. The summed E-state index contributed by atoms with van der Waals surface area (Å²) < 4.78 is 0.964. The number of nitrogens with zero attached hydrogens (tertiary/aromatic N) is 1. The summed E-state index contributed by atoms with van der Waals surface area (Å²) in [6.07, 6.45) is 2.46. The molecule has 0 radical (unpaired) electrons. The van der Waals surface area contributed by atoms with Crippen molar-refractivity contribution >= 4 is 44.2 Å². The third-order valence-corrected chi connectivity index (χ3v) is 4.31. The van der Waals surface area contributed by atoms with Crippen LogP contribution in [0.15, 0.2) is 40.9 Å². The van der Waals surface area contributed by atoms with Crippen LogP contribution in [0.25, 0.3) is 10.8 Å². The molecule has 0 spiro atoms. The van der Waals surface area contributed by atoms with Gasteiger partial charge < -0.3 is 0 Å². The topological polar surface area (TPSA) is 37.4 Å². The van der Waals surface area contributed by atoms with E-state index in [1.165, 1.54) is 4.90 Å². The van der Waals surface area contributed by atoms with Gasteiger partial charge in [-0.1, -0.05) is 40.2 Å². The van der Waals surface area contributed by atoms with Crippen molar-refractivity contribution in [3.8, 4) is 0 Å². The fraction of sp³-hybridized carbons (Fsp3) is 0.250. The van der Waals surface area contributed by atoms with Gasteiger partial charge in [-0.2, -0.15) is 0 Å². The molecule has 1 fully saturated rings. The quantitative estimate of drug-likeness (QED) is 0.739. The first-order chi connectivity index (χ1) is 9.68. The number of carbonyl (C=O) groups excluding carboxylic acids is 2.